The van der Waals surface area contributed by atoms with E-state index in [2.05, 4.69) is 67.1 Å². The van der Waals surface area contributed by atoms with Crippen LogP contribution in [0.5, 0.6) is 0 Å². The Kier molecular flexibility index (Phi) is 3.19. The second kappa shape index (κ2) is 4.86. The zero-order valence-electron chi connectivity index (χ0n) is 12.1. The molecule has 0 fully saturated rings. The van der Waals surface area contributed by atoms with Gasteiger partial charge in [-0.3, -0.25) is 0 Å². The first-order valence-corrected chi connectivity index (χ1v) is 7.05. The van der Waals surface area contributed by atoms with E-state index in [-0.39, 0.29) is 0 Å². The van der Waals surface area contributed by atoms with Gasteiger partial charge in [-0.25, -0.2) is 0 Å². The Hall–Kier alpha value is -1.54. The van der Waals surface area contributed by atoms with E-state index in [1.165, 1.54) is 36.1 Å². The van der Waals surface area contributed by atoms with Crippen LogP contribution >= 0.6 is 0 Å². The van der Waals surface area contributed by atoms with Crippen LogP contribution in [-0.4, -0.2) is 29.6 Å². The molecular weight excluding hydrogens is 232 g/mol. The van der Waals surface area contributed by atoms with E-state index in [0.717, 1.165) is 0 Å². The highest BCUT2D eigenvalue weighted by Crippen LogP contribution is 2.32. The van der Waals surface area contributed by atoms with Gasteiger partial charge in [0.05, 0.1) is 0 Å². The lowest BCUT2D eigenvalue weighted by atomic mass is 9.84. The Bertz CT molecular complexity index is 581. The summed E-state index contributed by atoms with van der Waals surface area (Å²) in [7, 11) is 6.51. The monoisotopic (exact) mass is 254 g/mol. The lowest BCUT2D eigenvalue weighted by Gasteiger charge is -2.31. The van der Waals surface area contributed by atoms with Gasteiger partial charge >= 0.3 is 0 Å². The van der Waals surface area contributed by atoms with E-state index >= 15 is 0 Å². The molecule has 1 aliphatic rings. The second-order valence-electron chi connectivity index (χ2n) is 5.81. The van der Waals surface area contributed by atoms with Crippen molar-refractivity contribution >= 4 is 0 Å². The zero-order chi connectivity index (χ0) is 13.4. The number of benzene rings is 1. The average Bonchev–Trinajstić information content (AvgIpc) is 2.83. The minimum absolute atomic E-state index is 0.691. The van der Waals surface area contributed by atoms with Gasteiger partial charge in [0, 0.05) is 30.5 Å². The fraction of sp³-hybridized carbons (Fsp3) is 0.412. The normalized spacial score (nSPS) is 18.6. The van der Waals surface area contributed by atoms with Gasteiger partial charge < -0.3 is 9.47 Å². The smallest absolute Gasteiger partial charge is 0.0480 e. The Morgan fingerprint density at radius 2 is 2.00 bits per heavy atom. The molecular formula is C17H22N2. The molecule has 0 aliphatic heterocycles. The van der Waals surface area contributed by atoms with Crippen molar-refractivity contribution in [3.8, 4) is 11.3 Å². The van der Waals surface area contributed by atoms with Gasteiger partial charge in [0.15, 0.2) is 0 Å². The first-order valence-electron chi connectivity index (χ1n) is 7.05. The predicted octanol–water partition coefficient (Wildman–Crippen LogP) is 3.11. The van der Waals surface area contributed by atoms with E-state index in [9.17, 15) is 0 Å². The van der Waals surface area contributed by atoms with E-state index in [1.807, 2.05) is 0 Å². The molecule has 1 atom stereocenters. The average molecular weight is 254 g/mol. The number of nitrogens with zero attached hydrogens (tertiary/aromatic N) is 2. The van der Waals surface area contributed by atoms with Crippen molar-refractivity contribution in [3.05, 3.63) is 47.7 Å². The van der Waals surface area contributed by atoms with Gasteiger partial charge in [0.25, 0.3) is 0 Å². The lowest BCUT2D eigenvalue weighted by Crippen LogP contribution is -2.33. The van der Waals surface area contributed by atoms with Gasteiger partial charge in [-0.05, 0) is 56.6 Å². The van der Waals surface area contributed by atoms with Crippen molar-refractivity contribution in [1.82, 2.24) is 9.47 Å². The number of fused-ring (bicyclic) bond motifs is 1. The third-order valence-corrected chi connectivity index (χ3v) is 4.41. The van der Waals surface area contributed by atoms with Crippen LogP contribution in [-0.2, 0) is 19.9 Å². The largest absolute Gasteiger partial charge is 0.351 e. The highest BCUT2D eigenvalue weighted by molar-refractivity contribution is 5.66. The molecule has 1 aromatic carbocycles. The van der Waals surface area contributed by atoms with Crippen LogP contribution in [0.25, 0.3) is 11.3 Å². The Labute approximate surface area is 115 Å². The van der Waals surface area contributed by atoms with Crippen LogP contribution in [0.2, 0.25) is 0 Å². The molecule has 0 bridgehead atoms. The molecule has 3 rings (SSSR count). The van der Waals surface area contributed by atoms with E-state index < -0.39 is 0 Å². The highest BCUT2D eigenvalue weighted by atomic mass is 15.1. The molecule has 2 aromatic rings. The maximum atomic E-state index is 2.36. The molecule has 0 saturated heterocycles. The van der Waals surface area contributed by atoms with Crippen molar-refractivity contribution in [3.63, 3.8) is 0 Å². The first-order chi connectivity index (χ1) is 9.16. The summed E-state index contributed by atoms with van der Waals surface area (Å²) in [5.41, 5.74) is 5.84. The number of likely N-dealkylation sites (N-methyl/N-ethyl adjacent to an activating group) is 1. The van der Waals surface area contributed by atoms with Crippen molar-refractivity contribution in [1.29, 1.82) is 0 Å². The van der Waals surface area contributed by atoms with Crippen LogP contribution in [0.3, 0.4) is 0 Å². The summed E-state index contributed by atoms with van der Waals surface area (Å²) >= 11 is 0. The molecule has 2 nitrogen and oxygen atoms in total. The Morgan fingerprint density at radius 3 is 2.68 bits per heavy atom. The predicted molar refractivity (Wildman–Crippen MR) is 80.3 cm³/mol. The fourth-order valence-corrected chi connectivity index (χ4v) is 3.21. The molecule has 1 aromatic heterocycles. The molecule has 0 saturated carbocycles. The van der Waals surface area contributed by atoms with Crippen molar-refractivity contribution in [2.75, 3.05) is 14.1 Å². The van der Waals surface area contributed by atoms with Crippen LogP contribution in [0.15, 0.2) is 36.5 Å². The summed E-state index contributed by atoms with van der Waals surface area (Å²) in [6.07, 6.45) is 5.77. The Balaban J connectivity index is 2.02. The number of aromatic nitrogens is 1. The number of aryl methyl sites for hydroxylation is 1. The van der Waals surface area contributed by atoms with Crippen molar-refractivity contribution in [2.45, 2.75) is 25.3 Å². The molecule has 2 heteroatoms. The maximum Gasteiger partial charge on any atom is 0.0480 e. The maximum absolute atomic E-state index is 2.36. The highest BCUT2D eigenvalue weighted by Gasteiger charge is 2.22. The number of hydrogen-bond donors (Lipinski definition) is 0. The minimum atomic E-state index is 0.691. The van der Waals surface area contributed by atoms with Crippen LogP contribution < -0.4 is 0 Å². The molecule has 100 valence electrons. The summed E-state index contributed by atoms with van der Waals surface area (Å²) in [6.45, 7) is 0. The molecule has 0 N–H and O–H groups in total. The number of hydrogen-bond acceptors (Lipinski definition) is 1. The van der Waals surface area contributed by atoms with E-state index in [1.54, 1.807) is 5.56 Å². The molecule has 19 heavy (non-hydrogen) atoms. The van der Waals surface area contributed by atoms with Gasteiger partial charge in [-0.1, -0.05) is 18.2 Å². The molecule has 1 heterocycles. The van der Waals surface area contributed by atoms with Gasteiger partial charge in [-0.2, -0.15) is 0 Å². The van der Waals surface area contributed by atoms with Gasteiger partial charge in [-0.15, -0.1) is 0 Å². The van der Waals surface area contributed by atoms with Gasteiger partial charge in [0.2, 0.25) is 0 Å². The molecule has 0 radical (unpaired) electrons. The molecule has 1 aliphatic carbocycles. The second-order valence-corrected chi connectivity index (χ2v) is 5.81. The Morgan fingerprint density at radius 1 is 1.16 bits per heavy atom. The van der Waals surface area contributed by atoms with Gasteiger partial charge in [0.1, 0.15) is 0 Å². The molecule has 0 unspecified atom stereocenters. The quantitative estimate of drug-likeness (QED) is 0.799. The molecule has 0 amide bonds. The minimum Gasteiger partial charge on any atom is -0.351 e. The summed E-state index contributed by atoms with van der Waals surface area (Å²) in [5.74, 6) is 0. The van der Waals surface area contributed by atoms with Crippen molar-refractivity contribution < 1.29 is 0 Å². The summed E-state index contributed by atoms with van der Waals surface area (Å²) in [6, 6.07) is 11.8. The lowest BCUT2D eigenvalue weighted by molar-refractivity contribution is 0.268. The van der Waals surface area contributed by atoms with E-state index in [0.29, 0.717) is 6.04 Å². The standard InChI is InChI=1S/C17H22N2/c1-18(2)14-9-10-15-13(12-14)6-4-7-16(15)17-8-5-11-19(17)3/h4-8,11,14H,9-10,12H2,1-3H3/t14-/m0/s1. The molecule has 0 spiro atoms. The third-order valence-electron chi connectivity index (χ3n) is 4.41. The fourth-order valence-electron chi connectivity index (χ4n) is 3.21. The third kappa shape index (κ3) is 2.21. The SMILES string of the molecule is CN(C)[C@H]1CCc2c(cccc2-c2cccn2C)C1. The van der Waals surface area contributed by atoms with Crippen molar-refractivity contribution in [2.24, 2.45) is 7.05 Å². The first kappa shape index (κ1) is 12.5. The zero-order valence-corrected chi connectivity index (χ0v) is 12.1. The summed E-state index contributed by atoms with van der Waals surface area (Å²) in [4.78, 5) is 2.36. The van der Waals surface area contributed by atoms with E-state index in [4.69, 9.17) is 0 Å². The summed E-state index contributed by atoms with van der Waals surface area (Å²) in [5, 5.41) is 0. The van der Waals surface area contributed by atoms with Crippen LogP contribution in [0.1, 0.15) is 17.5 Å². The van der Waals surface area contributed by atoms with Crippen LogP contribution in [0.4, 0.5) is 0 Å². The van der Waals surface area contributed by atoms with Crippen LogP contribution in [0, 0.1) is 0 Å². The number of rotatable bonds is 2. The topological polar surface area (TPSA) is 8.17 Å². The summed E-state index contributed by atoms with van der Waals surface area (Å²) < 4.78 is 2.22.